The molecule has 0 fully saturated rings. The van der Waals surface area contributed by atoms with E-state index in [1.54, 1.807) is 0 Å². The van der Waals surface area contributed by atoms with Crippen LogP contribution in [0.15, 0.2) is 51.8 Å². The van der Waals surface area contributed by atoms with Crippen molar-refractivity contribution in [3.63, 3.8) is 0 Å². The topological polar surface area (TPSA) is 84.5 Å². The molecule has 134 valence electrons. The van der Waals surface area contributed by atoms with Crippen molar-refractivity contribution >= 4 is 37.5 Å². The third kappa shape index (κ3) is 5.33. The quantitative estimate of drug-likeness (QED) is 0.661. The highest BCUT2D eigenvalue weighted by atomic mass is 79.9. The molecule has 0 saturated carbocycles. The summed E-state index contributed by atoms with van der Waals surface area (Å²) in [5.74, 6) is -1.05. The van der Waals surface area contributed by atoms with Gasteiger partial charge >= 0.3 is 0 Å². The van der Waals surface area contributed by atoms with Crippen LogP contribution in [0.1, 0.15) is 10.4 Å². The number of rotatable bonds is 7. The van der Waals surface area contributed by atoms with E-state index in [9.17, 15) is 17.6 Å². The highest BCUT2D eigenvalue weighted by Crippen LogP contribution is 2.22. The Labute approximate surface area is 153 Å². The fourth-order valence-electron chi connectivity index (χ4n) is 1.97. The maximum atomic E-state index is 13.2. The van der Waals surface area contributed by atoms with E-state index in [-0.39, 0.29) is 29.3 Å². The number of ether oxygens (including phenoxy) is 1. The van der Waals surface area contributed by atoms with E-state index >= 15 is 0 Å². The van der Waals surface area contributed by atoms with Crippen LogP contribution in [-0.2, 0) is 14.8 Å². The summed E-state index contributed by atoms with van der Waals surface area (Å²) >= 11 is 3.22. The van der Waals surface area contributed by atoms with Gasteiger partial charge in [0.1, 0.15) is 5.82 Å². The zero-order valence-corrected chi connectivity index (χ0v) is 15.7. The zero-order chi connectivity index (χ0) is 18.4. The van der Waals surface area contributed by atoms with Crippen LogP contribution >= 0.6 is 15.9 Å². The third-order valence-corrected chi connectivity index (χ3v) is 5.32. The van der Waals surface area contributed by atoms with Gasteiger partial charge in [0.05, 0.1) is 17.1 Å². The number of carbonyl (C=O) groups excluding carboxylic acids is 1. The van der Waals surface area contributed by atoms with Crippen LogP contribution in [-0.4, -0.2) is 34.6 Å². The molecule has 25 heavy (non-hydrogen) atoms. The van der Waals surface area contributed by atoms with Gasteiger partial charge in [0.25, 0.3) is 5.91 Å². The molecule has 0 aliphatic rings. The van der Waals surface area contributed by atoms with Crippen LogP contribution in [0.2, 0.25) is 0 Å². The lowest BCUT2D eigenvalue weighted by Gasteiger charge is -2.10. The fourth-order valence-corrected chi connectivity index (χ4v) is 3.44. The van der Waals surface area contributed by atoms with Crippen LogP contribution in [0.4, 0.5) is 10.1 Å². The van der Waals surface area contributed by atoms with E-state index in [0.717, 1.165) is 0 Å². The van der Waals surface area contributed by atoms with Crippen LogP contribution < -0.4 is 10.0 Å². The molecule has 0 spiro atoms. The van der Waals surface area contributed by atoms with Gasteiger partial charge in [0, 0.05) is 23.8 Å². The molecule has 2 N–H and O–H groups in total. The van der Waals surface area contributed by atoms with Crippen molar-refractivity contribution < 1.29 is 22.3 Å². The first-order valence-electron chi connectivity index (χ1n) is 7.18. The predicted octanol–water partition coefficient (Wildman–Crippen LogP) is 2.77. The number of amides is 1. The number of nitrogens with one attached hydrogen (secondary N) is 2. The Bertz CT molecular complexity index is 874. The number of sulfonamides is 1. The first-order chi connectivity index (χ1) is 11.8. The standard InChI is InChI=1S/C16H16BrFN2O4S/c1-24-8-7-19-25(22,23)13-5-6-15(17)14(10-13)16(21)20-12-4-2-3-11(18)9-12/h2-6,9-10,19H,7-8H2,1H3,(H,20,21). The lowest BCUT2D eigenvalue weighted by molar-refractivity contribution is 0.102. The summed E-state index contributed by atoms with van der Waals surface area (Å²) in [5.41, 5.74) is 0.377. The Morgan fingerprint density at radius 2 is 2.00 bits per heavy atom. The summed E-state index contributed by atoms with van der Waals surface area (Å²) < 4.78 is 45.3. The van der Waals surface area contributed by atoms with Crippen LogP contribution in [0, 0.1) is 5.82 Å². The van der Waals surface area contributed by atoms with Gasteiger partial charge in [-0.1, -0.05) is 6.07 Å². The van der Waals surface area contributed by atoms with Gasteiger partial charge in [-0.15, -0.1) is 0 Å². The number of hydrogen-bond acceptors (Lipinski definition) is 4. The molecule has 6 nitrogen and oxygen atoms in total. The van der Waals surface area contributed by atoms with Gasteiger partial charge < -0.3 is 10.1 Å². The highest BCUT2D eigenvalue weighted by Gasteiger charge is 2.18. The molecule has 0 aliphatic heterocycles. The van der Waals surface area contributed by atoms with Gasteiger partial charge in [-0.2, -0.15) is 0 Å². The number of halogens is 2. The monoisotopic (exact) mass is 430 g/mol. The lowest BCUT2D eigenvalue weighted by Crippen LogP contribution is -2.27. The molecule has 9 heteroatoms. The van der Waals surface area contributed by atoms with Crippen LogP contribution in [0.25, 0.3) is 0 Å². The van der Waals surface area contributed by atoms with Crippen molar-refractivity contribution in [2.45, 2.75) is 4.90 Å². The minimum absolute atomic E-state index is 0.0591. The smallest absolute Gasteiger partial charge is 0.256 e. The van der Waals surface area contributed by atoms with Crippen LogP contribution in [0.5, 0.6) is 0 Å². The summed E-state index contributed by atoms with van der Waals surface area (Å²) in [6, 6.07) is 9.49. The minimum atomic E-state index is -3.78. The second-order valence-corrected chi connectivity index (χ2v) is 7.62. The van der Waals surface area contributed by atoms with Crippen molar-refractivity contribution in [3.8, 4) is 0 Å². The average molecular weight is 431 g/mol. The van der Waals surface area contributed by atoms with Crippen molar-refractivity contribution in [2.24, 2.45) is 0 Å². The minimum Gasteiger partial charge on any atom is -0.383 e. The van der Waals surface area contributed by atoms with Crippen molar-refractivity contribution in [3.05, 3.63) is 58.3 Å². The molecule has 0 saturated heterocycles. The van der Waals surface area contributed by atoms with E-state index in [1.807, 2.05) is 0 Å². The number of carbonyl (C=O) groups is 1. The summed E-state index contributed by atoms with van der Waals surface area (Å²) in [7, 11) is -2.31. The molecule has 0 bridgehead atoms. The normalized spacial score (nSPS) is 11.3. The van der Waals surface area contributed by atoms with Gasteiger partial charge in [-0.3, -0.25) is 4.79 Å². The molecule has 0 aromatic heterocycles. The van der Waals surface area contributed by atoms with E-state index in [2.05, 4.69) is 26.0 Å². The number of anilines is 1. The lowest BCUT2D eigenvalue weighted by atomic mass is 10.2. The zero-order valence-electron chi connectivity index (χ0n) is 13.3. The van der Waals surface area contributed by atoms with E-state index in [4.69, 9.17) is 4.74 Å². The predicted molar refractivity (Wildman–Crippen MR) is 95.6 cm³/mol. The molecule has 0 aliphatic carbocycles. The maximum Gasteiger partial charge on any atom is 0.256 e. The molecule has 2 aromatic carbocycles. The van der Waals surface area contributed by atoms with Gasteiger partial charge in [0.2, 0.25) is 10.0 Å². The number of benzene rings is 2. The molecule has 2 rings (SSSR count). The largest absolute Gasteiger partial charge is 0.383 e. The Balaban J connectivity index is 2.25. The van der Waals surface area contributed by atoms with Crippen LogP contribution in [0.3, 0.4) is 0 Å². The summed E-state index contributed by atoms with van der Waals surface area (Å²) in [6.07, 6.45) is 0. The molecule has 1 amide bonds. The van der Waals surface area contributed by atoms with E-state index in [1.165, 1.54) is 49.6 Å². The Hall–Kier alpha value is -1.81. The Morgan fingerprint density at radius 3 is 2.68 bits per heavy atom. The Kier molecular flexibility index (Phi) is 6.65. The second kappa shape index (κ2) is 8.52. The van der Waals surface area contributed by atoms with Gasteiger partial charge in [0.15, 0.2) is 0 Å². The number of hydrogen-bond donors (Lipinski definition) is 2. The fraction of sp³-hybridized carbons (Fsp3) is 0.188. The highest BCUT2D eigenvalue weighted by molar-refractivity contribution is 9.10. The third-order valence-electron chi connectivity index (χ3n) is 3.17. The van der Waals surface area contributed by atoms with Crippen molar-refractivity contribution in [1.82, 2.24) is 4.72 Å². The van der Waals surface area contributed by atoms with Gasteiger partial charge in [-0.25, -0.2) is 17.5 Å². The van der Waals surface area contributed by atoms with E-state index < -0.39 is 21.7 Å². The molecular weight excluding hydrogens is 415 g/mol. The molecule has 2 aromatic rings. The van der Waals surface area contributed by atoms with Crippen molar-refractivity contribution in [1.29, 1.82) is 0 Å². The van der Waals surface area contributed by atoms with Crippen molar-refractivity contribution in [2.75, 3.05) is 25.6 Å². The molecule has 0 unspecified atom stereocenters. The maximum absolute atomic E-state index is 13.2. The van der Waals surface area contributed by atoms with E-state index in [0.29, 0.717) is 4.47 Å². The molecule has 0 radical (unpaired) electrons. The molecular formula is C16H16BrFN2O4S. The summed E-state index contributed by atoms with van der Waals surface area (Å²) in [4.78, 5) is 12.3. The first-order valence-corrected chi connectivity index (χ1v) is 9.46. The first kappa shape index (κ1) is 19.5. The number of methoxy groups -OCH3 is 1. The Morgan fingerprint density at radius 1 is 1.24 bits per heavy atom. The molecule has 0 heterocycles. The summed E-state index contributed by atoms with van der Waals surface area (Å²) in [5, 5.41) is 2.53. The average Bonchev–Trinajstić information content (AvgIpc) is 2.55. The SMILES string of the molecule is COCCNS(=O)(=O)c1ccc(Br)c(C(=O)Nc2cccc(F)c2)c1. The second-order valence-electron chi connectivity index (χ2n) is 5.00. The molecule has 0 atom stereocenters. The van der Waals surface area contributed by atoms with Gasteiger partial charge in [-0.05, 0) is 52.3 Å². The summed E-state index contributed by atoms with van der Waals surface area (Å²) in [6.45, 7) is 0.336.